The third-order valence-electron chi connectivity index (χ3n) is 3.66. The van der Waals surface area contributed by atoms with Gasteiger partial charge in [0.25, 0.3) is 0 Å². The number of hydrogen-bond acceptors (Lipinski definition) is 3. The predicted octanol–water partition coefficient (Wildman–Crippen LogP) is 2.98. The molecular formula is C18H24N2O3. The van der Waals surface area contributed by atoms with Gasteiger partial charge in [-0.3, -0.25) is 9.59 Å². The molecule has 0 bridgehead atoms. The Kier molecular flexibility index (Phi) is 6.20. The van der Waals surface area contributed by atoms with Crippen LogP contribution in [-0.2, 0) is 9.59 Å². The summed E-state index contributed by atoms with van der Waals surface area (Å²) >= 11 is 0. The Bertz CT molecular complexity index is 575. The summed E-state index contributed by atoms with van der Waals surface area (Å²) in [5.74, 6) is -0.419. The summed E-state index contributed by atoms with van der Waals surface area (Å²) in [6, 6.07) is 7.02. The second-order valence-corrected chi connectivity index (χ2v) is 5.93. The molecule has 0 aliphatic carbocycles. The molecule has 0 spiro atoms. The van der Waals surface area contributed by atoms with Crippen LogP contribution in [0.3, 0.4) is 0 Å². The maximum atomic E-state index is 12.2. The molecule has 1 saturated heterocycles. The summed E-state index contributed by atoms with van der Waals surface area (Å²) < 4.78 is 5.54. The molecular weight excluding hydrogens is 292 g/mol. The number of likely N-dealkylation sites (tertiary alicyclic amines) is 1. The molecule has 0 radical (unpaired) electrons. The second-order valence-electron chi connectivity index (χ2n) is 5.93. The van der Waals surface area contributed by atoms with E-state index >= 15 is 0 Å². The zero-order valence-corrected chi connectivity index (χ0v) is 13.6. The monoisotopic (exact) mass is 316 g/mol. The van der Waals surface area contributed by atoms with Crippen LogP contribution in [0.1, 0.15) is 32.6 Å². The first-order valence-corrected chi connectivity index (χ1v) is 8.04. The fourth-order valence-corrected chi connectivity index (χ4v) is 2.47. The van der Waals surface area contributed by atoms with Crippen molar-refractivity contribution in [1.29, 1.82) is 0 Å². The topological polar surface area (TPSA) is 58.6 Å². The van der Waals surface area contributed by atoms with Crippen LogP contribution >= 0.6 is 0 Å². The highest BCUT2D eigenvalue weighted by molar-refractivity contribution is 6.39. The van der Waals surface area contributed by atoms with E-state index in [4.69, 9.17) is 4.74 Å². The summed E-state index contributed by atoms with van der Waals surface area (Å²) in [5.41, 5.74) is 1.47. The normalized spacial score (nSPS) is 14.7. The van der Waals surface area contributed by atoms with Gasteiger partial charge in [-0.05, 0) is 37.5 Å². The lowest BCUT2D eigenvalue weighted by molar-refractivity contribution is -0.143. The first-order valence-electron chi connectivity index (χ1n) is 8.04. The molecule has 1 N–H and O–H groups in total. The van der Waals surface area contributed by atoms with Gasteiger partial charge in [-0.1, -0.05) is 25.5 Å². The van der Waals surface area contributed by atoms with Crippen LogP contribution in [0.5, 0.6) is 5.75 Å². The van der Waals surface area contributed by atoms with Crippen molar-refractivity contribution < 1.29 is 14.3 Å². The van der Waals surface area contributed by atoms with Crippen molar-refractivity contribution in [3.05, 3.63) is 36.4 Å². The fraction of sp³-hybridized carbons (Fsp3) is 0.444. The van der Waals surface area contributed by atoms with Crippen LogP contribution in [0.4, 0.5) is 5.69 Å². The summed E-state index contributed by atoms with van der Waals surface area (Å²) in [4.78, 5) is 26.0. The Balaban J connectivity index is 1.94. The van der Waals surface area contributed by atoms with E-state index in [-0.39, 0.29) is 0 Å². The third kappa shape index (κ3) is 5.43. The third-order valence-corrected chi connectivity index (χ3v) is 3.66. The van der Waals surface area contributed by atoms with Crippen molar-refractivity contribution in [3.8, 4) is 5.75 Å². The highest BCUT2D eigenvalue weighted by atomic mass is 16.5. The number of anilines is 1. The molecule has 0 unspecified atom stereocenters. The minimum absolute atomic E-state index is 0.421. The van der Waals surface area contributed by atoms with Crippen LogP contribution in [-0.4, -0.2) is 36.4 Å². The van der Waals surface area contributed by atoms with Crippen molar-refractivity contribution >= 4 is 17.5 Å². The van der Waals surface area contributed by atoms with Crippen molar-refractivity contribution in [1.82, 2.24) is 4.90 Å². The second kappa shape index (κ2) is 8.36. The lowest BCUT2D eigenvalue weighted by Gasteiger charge is -2.19. The van der Waals surface area contributed by atoms with E-state index < -0.39 is 11.8 Å². The van der Waals surface area contributed by atoms with Crippen LogP contribution in [0.15, 0.2) is 36.4 Å². The van der Waals surface area contributed by atoms with Gasteiger partial charge in [0.2, 0.25) is 0 Å². The van der Waals surface area contributed by atoms with Gasteiger partial charge in [-0.15, -0.1) is 0 Å². The van der Waals surface area contributed by atoms with Crippen LogP contribution in [0.2, 0.25) is 0 Å². The Hall–Kier alpha value is -2.30. The average molecular weight is 316 g/mol. The van der Waals surface area contributed by atoms with Crippen molar-refractivity contribution in [3.63, 3.8) is 0 Å². The summed E-state index contributed by atoms with van der Waals surface area (Å²) in [6.45, 7) is 7.40. The molecule has 124 valence electrons. The van der Waals surface area contributed by atoms with Gasteiger partial charge < -0.3 is 15.0 Å². The fourth-order valence-electron chi connectivity index (χ4n) is 2.47. The number of carbonyl (C=O) groups excluding carboxylic acids is 2. The molecule has 1 aromatic rings. The highest BCUT2D eigenvalue weighted by Crippen LogP contribution is 2.18. The Morgan fingerprint density at radius 2 is 1.91 bits per heavy atom. The van der Waals surface area contributed by atoms with E-state index in [0.29, 0.717) is 31.1 Å². The molecule has 2 amide bonds. The van der Waals surface area contributed by atoms with Crippen LogP contribution < -0.4 is 10.1 Å². The molecule has 0 atom stereocenters. The number of amides is 2. The molecule has 23 heavy (non-hydrogen) atoms. The standard InChI is InChI=1S/C18H24N2O3/c1-14(2)13-23-16-9-7-8-15(12-16)19-17(21)18(22)20-10-5-3-4-6-11-20/h7-9,12H,1,3-6,10-11,13H2,2H3,(H,19,21). The van der Waals surface area contributed by atoms with Gasteiger partial charge in [-0.2, -0.15) is 0 Å². The van der Waals surface area contributed by atoms with E-state index in [9.17, 15) is 9.59 Å². The molecule has 5 nitrogen and oxygen atoms in total. The molecule has 0 saturated carbocycles. The summed E-state index contributed by atoms with van der Waals surface area (Å²) in [7, 11) is 0. The summed E-state index contributed by atoms with van der Waals surface area (Å²) in [5, 5.41) is 2.65. The minimum atomic E-state index is -0.594. The number of benzene rings is 1. The van der Waals surface area contributed by atoms with E-state index in [2.05, 4.69) is 11.9 Å². The molecule has 0 aromatic heterocycles. The molecule has 5 heteroatoms. The number of nitrogens with one attached hydrogen (secondary N) is 1. The van der Waals surface area contributed by atoms with Crippen LogP contribution in [0, 0.1) is 0 Å². The van der Waals surface area contributed by atoms with Gasteiger partial charge in [0.05, 0.1) is 0 Å². The van der Waals surface area contributed by atoms with Gasteiger partial charge in [-0.25, -0.2) is 0 Å². The van der Waals surface area contributed by atoms with Crippen molar-refractivity contribution in [2.45, 2.75) is 32.6 Å². The number of rotatable bonds is 4. The lowest BCUT2D eigenvalue weighted by atomic mass is 10.2. The Morgan fingerprint density at radius 3 is 2.57 bits per heavy atom. The minimum Gasteiger partial charge on any atom is -0.489 e. The highest BCUT2D eigenvalue weighted by Gasteiger charge is 2.22. The van der Waals surface area contributed by atoms with E-state index in [1.807, 2.05) is 6.92 Å². The van der Waals surface area contributed by atoms with Gasteiger partial charge in [0.15, 0.2) is 0 Å². The zero-order valence-electron chi connectivity index (χ0n) is 13.6. The van der Waals surface area contributed by atoms with Gasteiger partial charge >= 0.3 is 11.8 Å². The zero-order chi connectivity index (χ0) is 16.7. The van der Waals surface area contributed by atoms with Crippen molar-refractivity contribution in [2.75, 3.05) is 25.0 Å². The predicted molar refractivity (Wildman–Crippen MR) is 90.4 cm³/mol. The molecule has 1 aliphatic rings. The quantitative estimate of drug-likeness (QED) is 0.686. The SMILES string of the molecule is C=C(C)COc1cccc(NC(=O)C(=O)N2CCCCCC2)c1. The van der Waals surface area contributed by atoms with E-state index in [1.165, 1.54) is 0 Å². The van der Waals surface area contributed by atoms with Crippen molar-refractivity contribution in [2.24, 2.45) is 0 Å². The lowest BCUT2D eigenvalue weighted by Crippen LogP contribution is -2.40. The van der Waals surface area contributed by atoms with Gasteiger partial charge in [0.1, 0.15) is 12.4 Å². The maximum Gasteiger partial charge on any atom is 0.313 e. The number of ether oxygens (including phenoxy) is 1. The molecule has 1 aliphatic heterocycles. The van der Waals surface area contributed by atoms with E-state index in [0.717, 1.165) is 31.3 Å². The van der Waals surface area contributed by atoms with Gasteiger partial charge in [0, 0.05) is 24.8 Å². The Morgan fingerprint density at radius 1 is 1.22 bits per heavy atom. The average Bonchev–Trinajstić information content (AvgIpc) is 2.81. The number of nitrogens with zero attached hydrogens (tertiary/aromatic N) is 1. The smallest absolute Gasteiger partial charge is 0.313 e. The van der Waals surface area contributed by atoms with Crippen LogP contribution in [0.25, 0.3) is 0 Å². The first kappa shape index (κ1) is 17.1. The van der Waals surface area contributed by atoms with E-state index in [1.54, 1.807) is 29.2 Å². The molecule has 1 heterocycles. The summed E-state index contributed by atoms with van der Waals surface area (Å²) in [6.07, 6.45) is 4.16. The molecule has 2 rings (SSSR count). The number of carbonyl (C=O) groups is 2. The number of hydrogen-bond donors (Lipinski definition) is 1. The first-order chi connectivity index (χ1) is 11.1. The Labute approximate surface area is 137 Å². The molecule has 1 aromatic carbocycles. The molecule has 1 fully saturated rings. The largest absolute Gasteiger partial charge is 0.489 e. The maximum absolute atomic E-state index is 12.2.